The molecule has 6 heteroatoms. The Bertz CT molecular complexity index is 453. The van der Waals surface area contributed by atoms with Crippen molar-refractivity contribution in [3.05, 3.63) is 35.6 Å². The van der Waals surface area contributed by atoms with Gasteiger partial charge in [-0.3, -0.25) is 0 Å². The van der Waals surface area contributed by atoms with Crippen LogP contribution in [0.3, 0.4) is 0 Å². The molecule has 0 aliphatic heterocycles. The van der Waals surface area contributed by atoms with E-state index in [9.17, 15) is 4.39 Å². The molecule has 0 bridgehead atoms. The molecule has 5 nitrogen and oxygen atoms in total. The molecule has 0 amide bonds. The van der Waals surface area contributed by atoms with Gasteiger partial charge in [0.15, 0.2) is 0 Å². The highest BCUT2D eigenvalue weighted by Crippen LogP contribution is 2.06. The second-order valence-corrected chi connectivity index (χ2v) is 3.03. The molecule has 0 unspecified atom stereocenters. The lowest BCUT2D eigenvalue weighted by Gasteiger charge is -2.01. The Balaban J connectivity index is 1.99. The average molecular weight is 207 g/mol. The van der Waals surface area contributed by atoms with Gasteiger partial charge in [0.05, 0.1) is 0 Å². The summed E-state index contributed by atoms with van der Waals surface area (Å²) in [7, 11) is 0. The number of anilines is 2. The predicted molar refractivity (Wildman–Crippen MR) is 54.5 cm³/mol. The normalized spacial score (nSPS) is 10.2. The largest absolute Gasteiger partial charge is 0.368 e. The summed E-state index contributed by atoms with van der Waals surface area (Å²) in [5.74, 6) is 0.386. The van der Waals surface area contributed by atoms with Crippen LogP contribution in [-0.4, -0.2) is 15.2 Å². The molecule has 0 atom stereocenters. The van der Waals surface area contributed by atoms with E-state index in [0.29, 0.717) is 12.5 Å². The van der Waals surface area contributed by atoms with Crippen LogP contribution in [0, 0.1) is 5.82 Å². The number of nitrogen functional groups attached to an aromatic ring is 1. The minimum Gasteiger partial charge on any atom is -0.368 e. The van der Waals surface area contributed by atoms with Crippen LogP contribution < -0.4 is 11.1 Å². The SMILES string of the molecule is Nc1nc(NCc2cccc(F)c2)n[nH]1. The molecule has 1 aromatic carbocycles. The lowest BCUT2D eigenvalue weighted by molar-refractivity contribution is 0.626. The Morgan fingerprint density at radius 2 is 2.33 bits per heavy atom. The van der Waals surface area contributed by atoms with Crippen molar-refractivity contribution in [1.29, 1.82) is 0 Å². The summed E-state index contributed by atoms with van der Waals surface area (Å²) in [4.78, 5) is 3.85. The van der Waals surface area contributed by atoms with Crippen LogP contribution in [0.1, 0.15) is 5.56 Å². The van der Waals surface area contributed by atoms with Crippen LogP contribution in [0.15, 0.2) is 24.3 Å². The van der Waals surface area contributed by atoms with E-state index in [4.69, 9.17) is 5.73 Å². The molecule has 2 rings (SSSR count). The standard InChI is InChI=1S/C9H10FN5/c10-7-3-1-2-6(4-7)5-12-9-13-8(11)14-15-9/h1-4H,5H2,(H4,11,12,13,14,15). The fourth-order valence-electron chi connectivity index (χ4n) is 1.18. The second kappa shape index (κ2) is 3.95. The van der Waals surface area contributed by atoms with Gasteiger partial charge < -0.3 is 11.1 Å². The fraction of sp³-hybridized carbons (Fsp3) is 0.111. The number of hydrogen-bond donors (Lipinski definition) is 3. The maximum Gasteiger partial charge on any atom is 0.243 e. The molecule has 15 heavy (non-hydrogen) atoms. The van der Waals surface area contributed by atoms with Gasteiger partial charge in [0.25, 0.3) is 0 Å². The van der Waals surface area contributed by atoms with Crippen molar-refractivity contribution in [3.63, 3.8) is 0 Å². The zero-order valence-corrected chi connectivity index (χ0v) is 7.87. The third-order valence-corrected chi connectivity index (χ3v) is 1.84. The van der Waals surface area contributed by atoms with Crippen LogP contribution >= 0.6 is 0 Å². The van der Waals surface area contributed by atoms with E-state index in [0.717, 1.165) is 5.56 Å². The lowest BCUT2D eigenvalue weighted by atomic mass is 10.2. The number of nitrogens with two attached hydrogens (primary N) is 1. The predicted octanol–water partition coefficient (Wildman–Crippen LogP) is 1.14. The Morgan fingerprint density at radius 1 is 1.47 bits per heavy atom. The van der Waals surface area contributed by atoms with Gasteiger partial charge in [-0.25, -0.2) is 9.49 Å². The Morgan fingerprint density at radius 3 is 3.00 bits per heavy atom. The Kier molecular flexibility index (Phi) is 2.49. The number of nitrogens with zero attached hydrogens (tertiary/aromatic N) is 2. The van der Waals surface area contributed by atoms with Gasteiger partial charge in [-0.1, -0.05) is 12.1 Å². The Hall–Kier alpha value is -2.11. The average Bonchev–Trinajstić information content (AvgIpc) is 2.62. The monoisotopic (exact) mass is 207 g/mol. The summed E-state index contributed by atoms with van der Waals surface area (Å²) in [5, 5.41) is 9.19. The first kappa shape index (κ1) is 9.45. The fourth-order valence-corrected chi connectivity index (χ4v) is 1.18. The number of halogens is 1. The van der Waals surface area contributed by atoms with E-state index in [1.807, 2.05) is 6.07 Å². The van der Waals surface area contributed by atoms with Crippen molar-refractivity contribution >= 4 is 11.9 Å². The van der Waals surface area contributed by atoms with E-state index in [1.165, 1.54) is 12.1 Å². The van der Waals surface area contributed by atoms with Gasteiger partial charge >= 0.3 is 0 Å². The van der Waals surface area contributed by atoms with Gasteiger partial charge in [0.1, 0.15) is 5.82 Å². The van der Waals surface area contributed by atoms with Crippen molar-refractivity contribution < 1.29 is 4.39 Å². The molecule has 1 heterocycles. The van der Waals surface area contributed by atoms with Crippen LogP contribution in [0.25, 0.3) is 0 Å². The number of aromatic nitrogens is 3. The zero-order chi connectivity index (χ0) is 10.7. The van der Waals surface area contributed by atoms with Crippen LogP contribution in [0.5, 0.6) is 0 Å². The molecule has 0 spiro atoms. The van der Waals surface area contributed by atoms with E-state index >= 15 is 0 Å². The zero-order valence-electron chi connectivity index (χ0n) is 7.87. The van der Waals surface area contributed by atoms with Crippen molar-refractivity contribution in [1.82, 2.24) is 15.2 Å². The number of benzene rings is 1. The minimum atomic E-state index is -0.260. The van der Waals surface area contributed by atoms with E-state index in [1.54, 1.807) is 6.07 Å². The highest BCUT2D eigenvalue weighted by atomic mass is 19.1. The molecule has 0 saturated heterocycles. The summed E-state index contributed by atoms with van der Waals surface area (Å²) < 4.78 is 12.8. The second-order valence-electron chi connectivity index (χ2n) is 3.03. The summed E-state index contributed by atoms with van der Waals surface area (Å²) in [6.45, 7) is 0.453. The molecule has 4 N–H and O–H groups in total. The molecule has 1 aromatic heterocycles. The first-order chi connectivity index (χ1) is 7.24. The van der Waals surface area contributed by atoms with Gasteiger partial charge in [0.2, 0.25) is 11.9 Å². The smallest absolute Gasteiger partial charge is 0.243 e. The number of rotatable bonds is 3. The van der Waals surface area contributed by atoms with Crippen molar-refractivity contribution in [3.8, 4) is 0 Å². The van der Waals surface area contributed by atoms with Gasteiger partial charge in [0, 0.05) is 6.54 Å². The molecular formula is C9H10FN5. The van der Waals surface area contributed by atoms with Crippen molar-refractivity contribution in [2.75, 3.05) is 11.1 Å². The summed E-state index contributed by atoms with van der Waals surface area (Å²) in [5.41, 5.74) is 6.16. The van der Waals surface area contributed by atoms with Gasteiger partial charge in [-0.2, -0.15) is 4.98 Å². The number of hydrogen-bond acceptors (Lipinski definition) is 4. The maximum atomic E-state index is 12.8. The van der Waals surface area contributed by atoms with Gasteiger partial charge in [-0.15, -0.1) is 5.10 Å². The summed E-state index contributed by atoms with van der Waals surface area (Å²) >= 11 is 0. The third kappa shape index (κ3) is 2.43. The highest BCUT2D eigenvalue weighted by Gasteiger charge is 1.99. The van der Waals surface area contributed by atoms with Crippen LogP contribution in [-0.2, 0) is 6.54 Å². The Labute approximate surface area is 85.5 Å². The van der Waals surface area contributed by atoms with Crippen LogP contribution in [0.4, 0.5) is 16.3 Å². The van der Waals surface area contributed by atoms with Crippen LogP contribution in [0.2, 0.25) is 0 Å². The molecule has 78 valence electrons. The molecule has 0 radical (unpaired) electrons. The maximum absolute atomic E-state index is 12.8. The first-order valence-electron chi connectivity index (χ1n) is 4.40. The number of nitrogens with one attached hydrogen (secondary N) is 2. The molecular weight excluding hydrogens is 197 g/mol. The number of aromatic amines is 1. The topological polar surface area (TPSA) is 79.6 Å². The molecule has 2 aromatic rings. The molecule has 0 fully saturated rings. The summed E-state index contributed by atoms with van der Waals surface area (Å²) in [6, 6.07) is 6.31. The van der Waals surface area contributed by atoms with E-state index in [2.05, 4.69) is 20.5 Å². The number of H-pyrrole nitrogens is 1. The van der Waals surface area contributed by atoms with Gasteiger partial charge in [-0.05, 0) is 17.7 Å². The summed E-state index contributed by atoms with van der Waals surface area (Å²) in [6.07, 6.45) is 0. The quantitative estimate of drug-likeness (QED) is 0.705. The van der Waals surface area contributed by atoms with Crippen molar-refractivity contribution in [2.45, 2.75) is 6.54 Å². The first-order valence-corrected chi connectivity index (χ1v) is 4.40. The van der Waals surface area contributed by atoms with E-state index in [-0.39, 0.29) is 11.8 Å². The minimum absolute atomic E-state index is 0.247. The lowest BCUT2D eigenvalue weighted by Crippen LogP contribution is -2.01. The van der Waals surface area contributed by atoms with Crippen molar-refractivity contribution in [2.24, 2.45) is 0 Å². The van der Waals surface area contributed by atoms with E-state index < -0.39 is 0 Å². The molecule has 0 aliphatic rings. The molecule has 0 saturated carbocycles. The highest BCUT2D eigenvalue weighted by molar-refractivity contribution is 5.31. The molecule has 0 aliphatic carbocycles. The third-order valence-electron chi connectivity index (χ3n) is 1.84.